The van der Waals surface area contributed by atoms with Crippen LogP contribution in [0, 0.1) is 5.82 Å². The van der Waals surface area contributed by atoms with Gasteiger partial charge < -0.3 is 0 Å². The first-order chi connectivity index (χ1) is 6.16. The van der Waals surface area contributed by atoms with Crippen molar-refractivity contribution in [1.82, 2.24) is 0 Å². The highest BCUT2D eigenvalue weighted by Gasteiger charge is 2.17. The standard InChI is InChI=1S/C11H14ClF/c1-3-9(8(2)12)10-6-4-5-7-11(10)13/h4-9H,3H2,1-2H3. The van der Waals surface area contributed by atoms with Crippen LogP contribution < -0.4 is 0 Å². The van der Waals surface area contributed by atoms with E-state index in [2.05, 4.69) is 0 Å². The Hall–Kier alpha value is -0.560. The summed E-state index contributed by atoms with van der Waals surface area (Å²) in [6.07, 6.45) is 0.867. The molecule has 0 nitrogen and oxygen atoms in total. The van der Waals surface area contributed by atoms with Crippen LogP contribution in [0.4, 0.5) is 4.39 Å². The first kappa shape index (κ1) is 10.5. The Morgan fingerprint density at radius 3 is 2.46 bits per heavy atom. The first-order valence-corrected chi connectivity index (χ1v) is 4.99. The smallest absolute Gasteiger partial charge is 0.126 e. The molecule has 1 aromatic carbocycles. The minimum atomic E-state index is -0.151. The van der Waals surface area contributed by atoms with E-state index in [4.69, 9.17) is 11.6 Å². The Morgan fingerprint density at radius 2 is 2.00 bits per heavy atom. The van der Waals surface area contributed by atoms with Crippen molar-refractivity contribution in [2.45, 2.75) is 31.6 Å². The van der Waals surface area contributed by atoms with Crippen LogP contribution in [-0.4, -0.2) is 5.38 Å². The van der Waals surface area contributed by atoms with Crippen LogP contribution in [0.25, 0.3) is 0 Å². The van der Waals surface area contributed by atoms with Crippen molar-refractivity contribution >= 4 is 11.6 Å². The van der Waals surface area contributed by atoms with E-state index in [0.29, 0.717) is 0 Å². The molecule has 0 heterocycles. The number of alkyl halides is 1. The molecule has 0 amide bonds. The molecule has 0 N–H and O–H groups in total. The average Bonchev–Trinajstić information content (AvgIpc) is 2.09. The molecule has 0 aliphatic rings. The molecule has 2 unspecified atom stereocenters. The lowest BCUT2D eigenvalue weighted by Crippen LogP contribution is -2.09. The van der Waals surface area contributed by atoms with E-state index in [9.17, 15) is 4.39 Å². The largest absolute Gasteiger partial charge is 0.207 e. The minimum Gasteiger partial charge on any atom is -0.207 e. The van der Waals surface area contributed by atoms with Crippen LogP contribution in [0.5, 0.6) is 0 Å². The summed E-state index contributed by atoms with van der Waals surface area (Å²) >= 11 is 5.98. The van der Waals surface area contributed by atoms with Crippen molar-refractivity contribution in [2.75, 3.05) is 0 Å². The van der Waals surface area contributed by atoms with Crippen LogP contribution in [-0.2, 0) is 0 Å². The van der Waals surface area contributed by atoms with Crippen molar-refractivity contribution in [3.05, 3.63) is 35.6 Å². The van der Waals surface area contributed by atoms with Crippen molar-refractivity contribution < 1.29 is 4.39 Å². The molecule has 13 heavy (non-hydrogen) atoms. The highest BCUT2D eigenvalue weighted by Crippen LogP contribution is 2.28. The van der Waals surface area contributed by atoms with Crippen LogP contribution in [0.3, 0.4) is 0 Å². The van der Waals surface area contributed by atoms with Gasteiger partial charge in [0.25, 0.3) is 0 Å². The van der Waals surface area contributed by atoms with Crippen molar-refractivity contribution in [3.63, 3.8) is 0 Å². The number of hydrogen-bond donors (Lipinski definition) is 0. The van der Waals surface area contributed by atoms with Gasteiger partial charge in [-0.3, -0.25) is 0 Å². The fourth-order valence-corrected chi connectivity index (χ4v) is 1.88. The molecular formula is C11H14ClF. The lowest BCUT2D eigenvalue weighted by atomic mass is 9.93. The molecule has 2 heteroatoms. The summed E-state index contributed by atoms with van der Waals surface area (Å²) in [4.78, 5) is 0. The molecule has 0 bridgehead atoms. The number of benzene rings is 1. The van der Waals surface area contributed by atoms with E-state index in [-0.39, 0.29) is 17.1 Å². The van der Waals surface area contributed by atoms with Crippen molar-refractivity contribution in [1.29, 1.82) is 0 Å². The van der Waals surface area contributed by atoms with Gasteiger partial charge in [0.15, 0.2) is 0 Å². The summed E-state index contributed by atoms with van der Waals surface area (Å²) in [5, 5.41) is -0.0260. The molecule has 0 radical (unpaired) electrons. The van der Waals surface area contributed by atoms with Crippen molar-refractivity contribution in [3.8, 4) is 0 Å². The zero-order valence-electron chi connectivity index (χ0n) is 7.93. The lowest BCUT2D eigenvalue weighted by molar-refractivity contribution is 0.561. The average molecular weight is 201 g/mol. The van der Waals surface area contributed by atoms with Crippen LogP contribution in [0.1, 0.15) is 31.7 Å². The Balaban J connectivity index is 2.97. The maximum Gasteiger partial charge on any atom is 0.126 e. The van der Waals surface area contributed by atoms with Gasteiger partial charge in [-0.25, -0.2) is 4.39 Å². The van der Waals surface area contributed by atoms with Gasteiger partial charge in [-0.1, -0.05) is 25.1 Å². The van der Waals surface area contributed by atoms with Gasteiger partial charge in [0.1, 0.15) is 5.82 Å². The van der Waals surface area contributed by atoms with Crippen LogP contribution in [0.15, 0.2) is 24.3 Å². The molecule has 72 valence electrons. The minimum absolute atomic E-state index is 0.0260. The predicted octanol–water partition coefficient (Wildman–Crippen LogP) is 3.95. The fourth-order valence-electron chi connectivity index (χ4n) is 1.57. The van der Waals surface area contributed by atoms with Gasteiger partial charge in [-0.15, -0.1) is 11.6 Å². The topological polar surface area (TPSA) is 0 Å². The molecule has 0 aromatic heterocycles. The summed E-state index contributed by atoms with van der Waals surface area (Å²) in [5.41, 5.74) is 0.729. The molecule has 0 saturated carbocycles. The van der Waals surface area contributed by atoms with Crippen LogP contribution in [0.2, 0.25) is 0 Å². The Labute approximate surface area is 83.7 Å². The molecule has 0 aliphatic carbocycles. The highest BCUT2D eigenvalue weighted by molar-refractivity contribution is 6.20. The maximum atomic E-state index is 13.3. The zero-order chi connectivity index (χ0) is 9.84. The number of halogens is 2. The second-order valence-electron chi connectivity index (χ2n) is 3.21. The Kier molecular flexibility index (Phi) is 3.73. The second-order valence-corrected chi connectivity index (χ2v) is 3.90. The van der Waals surface area contributed by atoms with Gasteiger partial charge >= 0.3 is 0 Å². The van der Waals surface area contributed by atoms with E-state index >= 15 is 0 Å². The van der Waals surface area contributed by atoms with E-state index in [1.807, 2.05) is 26.0 Å². The van der Waals surface area contributed by atoms with Crippen molar-refractivity contribution in [2.24, 2.45) is 0 Å². The third-order valence-electron chi connectivity index (χ3n) is 2.30. The normalized spacial score (nSPS) is 15.4. The summed E-state index contributed by atoms with van der Waals surface area (Å²) in [6.45, 7) is 3.93. The van der Waals surface area contributed by atoms with E-state index < -0.39 is 0 Å². The summed E-state index contributed by atoms with van der Waals surface area (Å²) in [7, 11) is 0. The van der Waals surface area contributed by atoms with Crippen LogP contribution >= 0.6 is 11.6 Å². The second kappa shape index (κ2) is 4.61. The van der Waals surface area contributed by atoms with E-state index in [1.54, 1.807) is 6.07 Å². The zero-order valence-corrected chi connectivity index (χ0v) is 8.68. The molecule has 0 fully saturated rings. The van der Waals surface area contributed by atoms with E-state index in [1.165, 1.54) is 6.07 Å². The maximum absolute atomic E-state index is 13.3. The summed E-state index contributed by atoms with van der Waals surface area (Å²) in [5.74, 6) is -0.0373. The van der Waals surface area contributed by atoms with Gasteiger partial charge in [-0.05, 0) is 25.0 Å². The number of rotatable bonds is 3. The van der Waals surface area contributed by atoms with Gasteiger partial charge in [-0.2, -0.15) is 0 Å². The molecule has 1 aromatic rings. The molecule has 1 rings (SSSR count). The van der Waals surface area contributed by atoms with E-state index in [0.717, 1.165) is 12.0 Å². The molecule has 0 saturated heterocycles. The lowest BCUT2D eigenvalue weighted by Gasteiger charge is -2.18. The molecule has 0 spiro atoms. The molecule has 2 atom stereocenters. The van der Waals surface area contributed by atoms with Gasteiger partial charge in [0.05, 0.1) is 0 Å². The third-order valence-corrected chi connectivity index (χ3v) is 2.60. The Morgan fingerprint density at radius 1 is 1.38 bits per heavy atom. The predicted molar refractivity (Wildman–Crippen MR) is 54.7 cm³/mol. The summed E-state index contributed by atoms with van der Waals surface area (Å²) < 4.78 is 13.3. The van der Waals surface area contributed by atoms with Gasteiger partial charge in [0, 0.05) is 11.3 Å². The monoisotopic (exact) mass is 200 g/mol. The SMILES string of the molecule is CCC(c1ccccc1F)C(C)Cl. The highest BCUT2D eigenvalue weighted by atomic mass is 35.5. The van der Waals surface area contributed by atoms with Gasteiger partial charge in [0.2, 0.25) is 0 Å². The summed E-state index contributed by atoms with van der Waals surface area (Å²) in [6, 6.07) is 6.84. The molecule has 0 aliphatic heterocycles. The third kappa shape index (κ3) is 2.44. The Bertz CT molecular complexity index is 271. The molecular weight excluding hydrogens is 187 g/mol. The quantitative estimate of drug-likeness (QED) is 0.649. The number of hydrogen-bond acceptors (Lipinski definition) is 0. The fraction of sp³-hybridized carbons (Fsp3) is 0.455. The first-order valence-electron chi connectivity index (χ1n) is 4.55.